The molecule has 1 heterocycles. The molecule has 1 aromatic carbocycles. The van der Waals surface area contributed by atoms with Gasteiger partial charge in [-0.1, -0.05) is 28.0 Å². The lowest BCUT2D eigenvalue weighted by Crippen LogP contribution is -2.23. The second kappa shape index (κ2) is 6.85. The van der Waals surface area contributed by atoms with Crippen molar-refractivity contribution in [1.29, 1.82) is 0 Å². The summed E-state index contributed by atoms with van der Waals surface area (Å²) >= 11 is 3.43. The van der Waals surface area contributed by atoms with Crippen LogP contribution in [0, 0.1) is 6.92 Å². The van der Waals surface area contributed by atoms with E-state index in [1.165, 1.54) is 0 Å². The Morgan fingerprint density at radius 2 is 2.25 bits per heavy atom. The van der Waals surface area contributed by atoms with Crippen molar-refractivity contribution in [2.45, 2.75) is 32.7 Å². The van der Waals surface area contributed by atoms with Crippen molar-refractivity contribution >= 4 is 15.9 Å². The molecule has 20 heavy (non-hydrogen) atoms. The highest BCUT2D eigenvalue weighted by Crippen LogP contribution is 2.29. The van der Waals surface area contributed by atoms with Gasteiger partial charge in [-0.2, -0.15) is 4.98 Å². The zero-order valence-corrected chi connectivity index (χ0v) is 13.1. The van der Waals surface area contributed by atoms with E-state index in [4.69, 9.17) is 4.52 Å². The number of rotatable bonds is 6. The molecule has 0 fully saturated rings. The molecule has 1 atom stereocenters. The Balaban J connectivity index is 1.96. The van der Waals surface area contributed by atoms with Gasteiger partial charge in [-0.15, -0.1) is 0 Å². The van der Waals surface area contributed by atoms with Crippen molar-refractivity contribution in [2.24, 2.45) is 0 Å². The third-order valence-corrected chi connectivity index (χ3v) is 3.57. The van der Waals surface area contributed by atoms with E-state index in [0.29, 0.717) is 30.4 Å². The summed E-state index contributed by atoms with van der Waals surface area (Å²) in [5, 5.41) is 17.1. The highest BCUT2D eigenvalue weighted by molar-refractivity contribution is 9.10. The Kier molecular flexibility index (Phi) is 5.14. The van der Waals surface area contributed by atoms with E-state index in [2.05, 4.69) is 38.3 Å². The van der Waals surface area contributed by atoms with Gasteiger partial charge in [-0.25, -0.2) is 0 Å². The molecule has 2 rings (SSSR count). The van der Waals surface area contributed by atoms with E-state index in [1.54, 1.807) is 13.0 Å². The molecule has 6 heteroatoms. The molecule has 0 spiro atoms. The fourth-order valence-corrected chi connectivity index (χ4v) is 2.45. The number of halogens is 1. The summed E-state index contributed by atoms with van der Waals surface area (Å²) < 4.78 is 6.03. The average molecular weight is 340 g/mol. The molecule has 5 nitrogen and oxygen atoms in total. The summed E-state index contributed by atoms with van der Waals surface area (Å²) in [5.74, 6) is 1.58. The Labute approximate surface area is 126 Å². The Morgan fingerprint density at radius 3 is 2.90 bits per heavy atom. The molecule has 0 unspecified atom stereocenters. The monoisotopic (exact) mass is 339 g/mol. The highest BCUT2D eigenvalue weighted by Gasteiger charge is 2.14. The smallest absolute Gasteiger partial charge is 0.227 e. The number of hydrogen-bond acceptors (Lipinski definition) is 5. The van der Waals surface area contributed by atoms with Gasteiger partial charge in [0, 0.05) is 29.0 Å². The summed E-state index contributed by atoms with van der Waals surface area (Å²) in [6.07, 6.45) is 1.55. The zero-order chi connectivity index (χ0) is 14.5. The van der Waals surface area contributed by atoms with Crippen LogP contribution in [0.2, 0.25) is 0 Å². The number of aromatic nitrogens is 2. The zero-order valence-electron chi connectivity index (χ0n) is 11.6. The van der Waals surface area contributed by atoms with Crippen molar-refractivity contribution in [3.8, 4) is 5.75 Å². The minimum Gasteiger partial charge on any atom is -0.508 e. The molecular formula is C14H18BrN3O2. The number of nitrogens with one attached hydrogen (secondary N) is 1. The first-order valence-electron chi connectivity index (χ1n) is 6.61. The number of phenolic OH excluding ortho intramolecular Hbond substituents is 1. The lowest BCUT2D eigenvalue weighted by atomic mass is 10.0. The van der Waals surface area contributed by atoms with Crippen LogP contribution in [-0.2, 0) is 6.42 Å². The largest absolute Gasteiger partial charge is 0.508 e. The summed E-state index contributed by atoms with van der Waals surface area (Å²) in [5.41, 5.74) is 0.892. The van der Waals surface area contributed by atoms with Gasteiger partial charge >= 0.3 is 0 Å². The molecule has 0 bridgehead atoms. The van der Waals surface area contributed by atoms with Gasteiger partial charge in [0.1, 0.15) is 5.75 Å². The van der Waals surface area contributed by atoms with Gasteiger partial charge in [0.15, 0.2) is 5.82 Å². The van der Waals surface area contributed by atoms with Gasteiger partial charge in [-0.05, 0) is 31.5 Å². The molecule has 0 amide bonds. The van der Waals surface area contributed by atoms with Crippen molar-refractivity contribution in [2.75, 3.05) is 6.54 Å². The Morgan fingerprint density at radius 1 is 1.45 bits per heavy atom. The van der Waals surface area contributed by atoms with Crippen molar-refractivity contribution in [3.63, 3.8) is 0 Å². The van der Waals surface area contributed by atoms with E-state index in [0.717, 1.165) is 16.5 Å². The maximum Gasteiger partial charge on any atom is 0.227 e. The molecule has 0 saturated heterocycles. The van der Waals surface area contributed by atoms with Crippen LogP contribution in [0.5, 0.6) is 5.75 Å². The maximum atomic E-state index is 9.95. The van der Waals surface area contributed by atoms with Gasteiger partial charge in [-0.3, -0.25) is 0 Å². The van der Waals surface area contributed by atoms with Crippen LogP contribution in [-0.4, -0.2) is 21.8 Å². The number of phenols is 1. The minimum atomic E-state index is 0.0940. The van der Waals surface area contributed by atoms with Crippen molar-refractivity contribution in [3.05, 3.63) is 40.0 Å². The Bertz CT molecular complexity index is 571. The summed E-state index contributed by atoms with van der Waals surface area (Å²) in [6, 6.07) is 5.56. The van der Waals surface area contributed by atoms with Crippen LogP contribution < -0.4 is 5.32 Å². The molecule has 1 aromatic heterocycles. The molecular weight excluding hydrogens is 322 g/mol. The Hall–Kier alpha value is -1.40. The molecule has 0 aliphatic carbocycles. The molecule has 0 aliphatic rings. The molecule has 0 radical (unpaired) electrons. The van der Waals surface area contributed by atoms with E-state index in [9.17, 15) is 5.11 Å². The van der Waals surface area contributed by atoms with Crippen molar-refractivity contribution in [1.82, 2.24) is 15.5 Å². The normalized spacial score (nSPS) is 12.6. The van der Waals surface area contributed by atoms with Gasteiger partial charge in [0.05, 0.1) is 0 Å². The van der Waals surface area contributed by atoms with E-state index >= 15 is 0 Å². The summed E-state index contributed by atoms with van der Waals surface area (Å²) in [7, 11) is 0. The molecule has 2 aromatic rings. The second-order valence-electron chi connectivity index (χ2n) is 4.60. The maximum absolute atomic E-state index is 9.95. The number of aromatic hydroxyl groups is 1. The third kappa shape index (κ3) is 3.80. The lowest BCUT2D eigenvalue weighted by molar-refractivity contribution is 0.367. The van der Waals surface area contributed by atoms with Gasteiger partial charge < -0.3 is 14.9 Å². The third-order valence-electron chi connectivity index (χ3n) is 3.07. The first-order chi connectivity index (χ1) is 9.60. The lowest BCUT2D eigenvalue weighted by Gasteiger charge is -2.18. The fraction of sp³-hybridized carbons (Fsp3) is 0.429. The predicted octanol–water partition coefficient (Wildman–Crippen LogP) is 3.13. The number of aryl methyl sites for hydroxylation is 1. The van der Waals surface area contributed by atoms with Crippen LogP contribution in [0.3, 0.4) is 0 Å². The summed E-state index contributed by atoms with van der Waals surface area (Å²) in [6.45, 7) is 4.59. The molecule has 2 N–H and O–H groups in total. The standard InChI is InChI=1S/C14H18BrN3O2/c1-3-12(11-8-10(15)4-5-13(11)19)16-7-6-14-17-9(2)18-20-14/h4-5,8,12,16,19H,3,6-7H2,1-2H3/t12-/m0/s1. The molecule has 0 aliphatic heterocycles. The summed E-state index contributed by atoms with van der Waals surface area (Å²) in [4.78, 5) is 4.16. The first-order valence-corrected chi connectivity index (χ1v) is 7.40. The quantitative estimate of drug-likeness (QED) is 0.845. The van der Waals surface area contributed by atoms with Crippen LogP contribution >= 0.6 is 15.9 Å². The van der Waals surface area contributed by atoms with Crippen molar-refractivity contribution < 1.29 is 9.63 Å². The predicted molar refractivity (Wildman–Crippen MR) is 79.6 cm³/mol. The molecule has 108 valence electrons. The minimum absolute atomic E-state index is 0.0940. The van der Waals surface area contributed by atoms with Gasteiger partial charge in [0.2, 0.25) is 5.89 Å². The fourth-order valence-electron chi connectivity index (χ4n) is 2.07. The van der Waals surface area contributed by atoms with Crippen LogP contribution in [0.25, 0.3) is 0 Å². The topological polar surface area (TPSA) is 71.2 Å². The van der Waals surface area contributed by atoms with Crippen LogP contribution in [0.15, 0.2) is 27.2 Å². The molecule has 0 saturated carbocycles. The second-order valence-corrected chi connectivity index (χ2v) is 5.52. The van der Waals surface area contributed by atoms with E-state index < -0.39 is 0 Å². The number of nitrogens with zero attached hydrogens (tertiary/aromatic N) is 2. The van der Waals surface area contributed by atoms with E-state index in [-0.39, 0.29) is 6.04 Å². The van der Waals surface area contributed by atoms with E-state index in [1.807, 2.05) is 12.1 Å². The number of hydrogen-bond donors (Lipinski definition) is 2. The highest BCUT2D eigenvalue weighted by atomic mass is 79.9. The average Bonchev–Trinajstić information content (AvgIpc) is 2.84. The van der Waals surface area contributed by atoms with Crippen LogP contribution in [0.4, 0.5) is 0 Å². The first kappa shape index (κ1) is 15.0. The van der Waals surface area contributed by atoms with Gasteiger partial charge in [0.25, 0.3) is 0 Å². The number of benzene rings is 1. The van der Waals surface area contributed by atoms with Crippen LogP contribution in [0.1, 0.15) is 36.7 Å². The SMILES string of the molecule is CC[C@H](NCCc1nc(C)no1)c1cc(Br)ccc1O.